The van der Waals surface area contributed by atoms with E-state index in [0.717, 1.165) is 11.4 Å². The van der Waals surface area contributed by atoms with Crippen LogP contribution in [-0.4, -0.2) is 5.11 Å². The quantitative estimate of drug-likeness (QED) is 0.776. The maximum Gasteiger partial charge on any atom is 0.117 e. The van der Waals surface area contributed by atoms with E-state index in [1.165, 1.54) is 5.56 Å². The lowest BCUT2D eigenvalue weighted by Gasteiger charge is -2.07. The van der Waals surface area contributed by atoms with Crippen LogP contribution in [0, 0.1) is 6.92 Å². The summed E-state index contributed by atoms with van der Waals surface area (Å²) < 4.78 is 0. The van der Waals surface area contributed by atoms with E-state index < -0.39 is 0 Å². The first-order valence-electron chi connectivity index (χ1n) is 4.87. The van der Waals surface area contributed by atoms with Gasteiger partial charge in [-0.15, -0.1) is 0 Å². The highest BCUT2D eigenvalue weighted by Crippen LogP contribution is 2.20. The number of benzene rings is 2. The molecule has 2 heteroatoms. The van der Waals surface area contributed by atoms with Gasteiger partial charge in [-0.3, -0.25) is 0 Å². The molecule has 0 aliphatic carbocycles. The second kappa shape index (κ2) is 4.05. The molecular weight excluding hydrogens is 186 g/mol. The van der Waals surface area contributed by atoms with Crippen molar-refractivity contribution in [2.24, 2.45) is 0 Å². The number of anilines is 2. The van der Waals surface area contributed by atoms with Gasteiger partial charge < -0.3 is 10.4 Å². The van der Waals surface area contributed by atoms with Gasteiger partial charge in [0.25, 0.3) is 0 Å². The predicted octanol–water partition coefficient (Wildman–Crippen LogP) is 3.44. The zero-order chi connectivity index (χ0) is 10.7. The van der Waals surface area contributed by atoms with Gasteiger partial charge in [0.2, 0.25) is 0 Å². The SMILES string of the molecule is Cc1cccc(Nc2cccc(O)c2)c1. The van der Waals surface area contributed by atoms with Crippen molar-refractivity contribution in [3.8, 4) is 5.75 Å². The van der Waals surface area contributed by atoms with E-state index in [-0.39, 0.29) is 5.75 Å². The Hall–Kier alpha value is -1.96. The van der Waals surface area contributed by atoms with Crippen molar-refractivity contribution in [3.05, 3.63) is 54.1 Å². The standard InChI is InChI=1S/C13H13NO/c1-10-4-2-5-11(8-10)14-12-6-3-7-13(15)9-12/h2-9,14-15H,1H3. The summed E-state index contributed by atoms with van der Waals surface area (Å²) >= 11 is 0. The number of nitrogens with one attached hydrogen (secondary N) is 1. The summed E-state index contributed by atoms with van der Waals surface area (Å²) in [5.41, 5.74) is 3.13. The third-order valence-corrected chi connectivity index (χ3v) is 2.15. The maximum absolute atomic E-state index is 9.31. The van der Waals surface area contributed by atoms with Crippen molar-refractivity contribution in [2.45, 2.75) is 6.92 Å². The molecule has 2 aromatic carbocycles. The molecule has 0 atom stereocenters. The van der Waals surface area contributed by atoms with Crippen LogP contribution >= 0.6 is 0 Å². The molecular formula is C13H13NO. The molecule has 0 saturated heterocycles. The largest absolute Gasteiger partial charge is 0.508 e. The minimum atomic E-state index is 0.271. The summed E-state index contributed by atoms with van der Waals surface area (Å²) in [6, 6.07) is 15.2. The van der Waals surface area contributed by atoms with Crippen LogP contribution in [0.25, 0.3) is 0 Å². The van der Waals surface area contributed by atoms with Crippen molar-refractivity contribution in [2.75, 3.05) is 5.32 Å². The van der Waals surface area contributed by atoms with Crippen molar-refractivity contribution >= 4 is 11.4 Å². The van der Waals surface area contributed by atoms with Crippen LogP contribution in [0.4, 0.5) is 11.4 Å². The van der Waals surface area contributed by atoms with Crippen molar-refractivity contribution in [3.63, 3.8) is 0 Å². The first-order valence-corrected chi connectivity index (χ1v) is 4.87. The highest BCUT2D eigenvalue weighted by atomic mass is 16.3. The molecule has 0 amide bonds. The van der Waals surface area contributed by atoms with E-state index in [2.05, 4.69) is 11.4 Å². The number of rotatable bonds is 2. The number of hydrogen-bond donors (Lipinski definition) is 2. The summed E-state index contributed by atoms with van der Waals surface area (Å²) in [5, 5.41) is 12.5. The number of hydrogen-bond acceptors (Lipinski definition) is 2. The fourth-order valence-corrected chi connectivity index (χ4v) is 1.47. The zero-order valence-electron chi connectivity index (χ0n) is 8.57. The Kier molecular flexibility index (Phi) is 2.59. The average Bonchev–Trinajstić information content (AvgIpc) is 2.17. The lowest BCUT2D eigenvalue weighted by atomic mass is 10.2. The molecule has 0 fully saturated rings. The summed E-state index contributed by atoms with van der Waals surface area (Å²) in [5.74, 6) is 0.271. The Morgan fingerprint density at radius 3 is 2.27 bits per heavy atom. The molecule has 76 valence electrons. The van der Waals surface area contributed by atoms with Gasteiger partial charge in [0.15, 0.2) is 0 Å². The normalized spacial score (nSPS) is 9.93. The van der Waals surface area contributed by atoms with Crippen LogP contribution in [0.3, 0.4) is 0 Å². The first-order chi connectivity index (χ1) is 7.24. The smallest absolute Gasteiger partial charge is 0.117 e. The molecule has 2 nitrogen and oxygen atoms in total. The Morgan fingerprint density at radius 1 is 0.933 bits per heavy atom. The first kappa shape index (κ1) is 9.59. The van der Waals surface area contributed by atoms with Gasteiger partial charge in [0.05, 0.1) is 0 Å². The fraction of sp³-hybridized carbons (Fsp3) is 0.0769. The van der Waals surface area contributed by atoms with Gasteiger partial charge in [-0.25, -0.2) is 0 Å². The van der Waals surface area contributed by atoms with E-state index in [1.54, 1.807) is 12.1 Å². The summed E-state index contributed by atoms with van der Waals surface area (Å²) in [4.78, 5) is 0. The maximum atomic E-state index is 9.31. The summed E-state index contributed by atoms with van der Waals surface area (Å²) in [6.07, 6.45) is 0. The molecule has 0 aliphatic rings. The lowest BCUT2D eigenvalue weighted by Crippen LogP contribution is -1.89. The molecule has 0 spiro atoms. The second-order valence-corrected chi connectivity index (χ2v) is 3.54. The van der Waals surface area contributed by atoms with Crippen molar-refractivity contribution in [1.82, 2.24) is 0 Å². The van der Waals surface area contributed by atoms with Crippen LogP contribution in [0.15, 0.2) is 48.5 Å². The van der Waals surface area contributed by atoms with Crippen LogP contribution in [0.2, 0.25) is 0 Å². The lowest BCUT2D eigenvalue weighted by molar-refractivity contribution is 0.475. The summed E-state index contributed by atoms with van der Waals surface area (Å²) in [7, 11) is 0. The van der Waals surface area contributed by atoms with E-state index >= 15 is 0 Å². The predicted molar refractivity (Wildman–Crippen MR) is 62.6 cm³/mol. The minimum Gasteiger partial charge on any atom is -0.508 e. The van der Waals surface area contributed by atoms with Crippen LogP contribution in [0.5, 0.6) is 5.75 Å². The number of phenols is 1. The van der Waals surface area contributed by atoms with Gasteiger partial charge in [0.1, 0.15) is 5.75 Å². The minimum absolute atomic E-state index is 0.271. The van der Waals surface area contributed by atoms with Gasteiger partial charge in [-0.2, -0.15) is 0 Å². The van der Waals surface area contributed by atoms with E-state index in [4.69, 9.17) is 0 Å². The fourth-order valence-electron chi connectivity index (χ4n) is 1.47. The number of aryl methyl sites for hydroxylation is 1. The summed E-state index contributed by atoms with van der Waals surface area (Å²) in [6.45, 7) is 2.05. The molecule has 0 aromatic heterocycles. The van der Waals surface area contributed by atoms with E-state index in [1.807, 2.05) is 37.3 Å². The van der Waals surface area contributed by atoms with E-state index in [9.17, 15) is 5.11 Å². The third kappa shape index (κ3) is 2.50. The monoisotopic (exact) mass is 199 g/mol. The molecule has 15 heavy (non-hydrogen) atoms. The molecule has 2 N–H and O–H groups in total. The molecule has 0 aliphatic heterocycles. The number of phenolic OH excluding ortho intramolecular Hbond substituents is 1. The Balaban J connectivity index is 2.22. The highest BCUT2D eigenvalue weighted by molar-refractivity contribution is 5.61. The van der Waals surface area contributed by atoms with Crippen molar-refractivity contribution < 1.29 is 5.11 Å². The van der Waals surface area contributed by atoms with E-state index in [0.29, 0.717) is 0 Å². The molecule has 0 saturated carbocycles. The van der Waals surface area contributed by atoms with Crippen molar-refractivity contribution in [1.29, 1.82) is 0 Å². The Bertz CT molecular complexity index is 422. The molecule has 2 aromatic rings. The molecule has 2 rings (SSSR count). The average molecular weight is 199 g/mol. The Morgan fingerprint density at radius 2 is 1.60 bits per heavy atom. The van der Waals surface area contributed by atoms with Gasteiger partial charge in [0, 0.05) is 17.4 Å². The van der Waals surface area contributed by atoms with Crippen LogP contribution in [0.1, 0.15) is 5.56 Å². The molecule has 0 bridgehead atoms. The van der Waals surface area contributed by atoms with Gasteiger partial charge >= 0.3 is 0 Å². The second-order valence-electron chi connectivity index (χ2n) is 3.54. The van der Waals surface area contributed by atoms with Gasteiger partial charge in [-0.1, -0.05) is 18.2 Å². The Labute approximate surface area is 89.2 Å². The molecule has 0 radical (unpaired) electrons. The molecule has 0 heterocycles. The third-order valence-electron chi connectivity index (χ3n) is 2.15. The van der Waals surface area contributed by atoms with Gasteiger partial charge in [-0.05, 0) is 36.8 Å². The highest BCUT2D eigenvalue weighted by Gasteiger charge is 1.95. The van der Waals surface area contributed by atoms with Crippen LogP contribution < -0.4 is 5.32 Å². The molecule has 0 unspecified atom stereocenters. The van der Waals surface area contributed by atoms with Crippen LogP contribution in [-0.2, 0) is 0 Å². The number of aromatic hydroxyl groups is 1. The zero-order valence-corrected chi connectivity index (χ0v) is 8.57. The topological polar surface area (TPSA) is 32.3 Å².